The Morgan fingerprint density at radius 1 is 1.50 bits per heavy atom. The molecule has 1 amide bonds. The Bertz CT molecular complexity index is 450. The third-order valence-electron chi connectivity index (χ3n) is 3.53. The third-order valence-corrected chi connectivity index (χ3v) is 3.83. The smallest absolute Gasteiger partial charge is 0.243 e. The maximum atomic E-state index is 11.7. The molecule has 1 aliphatic carbocycles. The summed E-state index contributed by atoms with van der Waals surface area (Å²) < 4.78 is 0. The third kappa shape index (κ3) is 1.31. The first-order valence-electron chi connectivity index (χ1n) is 5.20. The predicted octanol–water partition coefficient (Wildman–Crippen LogP) is 1.32. The molecule has 1 saturated carbocycles. The van der Waals surface area contributed by atoms with Crippen molar-refractivity contribution in [1.82, 2.24) is 5.32 Å². The van der Waals surface area contributed by atoms with Crippen LogP contribution < -0.4 is 5.32 Å². The number of hydrogen-bond acceptors (Lipinski definition) is 4. The van der Waals surface area contributed by atoms with Gasteiger partial charge in [0.2, 0.25) is 5.91 Å². The second-order valence-electron chi connectivity index (χ2n) is 4.24. The summed E-state index contributed by atoms with van der Waals surface area (Å²) in [6.45, 7) is 0. The van der Waals surface area contributed by atoms with E-state index in [9.17, 15) is 4.79 Å². The zero-order chi connectivity index (χ0) is 11.8. The Morgan fingerprint density at radius 2 is 2.12 bits per heavy atom. The minimum absolute atomic E-state index is 0.272. The molecule has 0 aromatic carbocycles. The summed E-state index contributed by atoms with van der Waals surface area (Å²) >= 11 is 5.05. The van der Waals surface area contributed by atoms with Gasteiger partial charge >= 0.3 is 0 Å². The number of carbonyl (C=O) groups is 1. The number of nitriles is 1. The van der Waals surface area contributed by atoms with Crippen molar-refractivity contribution in [2.75, 3.05) is 0 Å². The van der Waals surface area contributed by atoms with Gasteiger partial charge < -0.3 is 5.32 Å². The van der Waals surface area contributed by atoms with Crippen molar-refractivity contribution in [2.45, 2.75) is 25.7 Å². The quantitative estimate of drug-likeness (QED) is 0.376. The van der Waals surface area contributed by atoms with Crippen molar-refractivity contribution in [3.8, 4) is 6.07 Å². The molecule has 1 heterocycles. The lowest BCUT2D eigenvalue weighted by molar-refractivity contribution is -0.125. The lowest BCUT2D eigenvalue weighted by atomic mass is 9.67. The van der Waals surface area contributed by atoms with Gasteiger partial charge in [0.1, 0.15) is 10.9 Å². The Morgan fingerprint density at radius 3 is 2.62 bits per heavy atom. The number of nitrogens with zero attached hydrogens (tertiary/aromatic N) is 1. The van der Waals surface area contributed by atoms with Crippen LogP contribution in [0.2, 0.25) is 0 Å². The fourth-order valence-corrected chi connectivity index (χ4v) is 3.13. The van der Waals surface area contributed by atoms with Crippen LogP contribution in [0.3, 0.4) is 0 Å². The summed E-state index contributed by atoms with van der Waals surface area (Å²) in [5.74, 6) is 1.28. The number of thiocarbonyl (C=S) groups is 1. The first-order chi connectivity index (χ1) is 7.65. The molecule has 82 valence electrons. The number of hydrogen-bond donors (Lipinski definition) is 2. The summed E-state index contributed by atoms with van der Waals surface area (Å²) in [6, 6.07) is 2.06. The number of amides is 1. The van der Waals surface area contributed by atoms with Crippen LogP contribution in [0.5, 0.6) is 0 Å². The second-order valence-corrected chi connectivity index (χ2v) is 4.65. The molecule has 2 fully saturated rings. The highest BCUT2D eigenvalue weighted by Crippen LogP contribution is 2.50. The van der Waals surface area contributed by atoms with Gasteiger partial charge in [-0.15, -0.1) is 0 Å². The molecule has 1 unspecified atom stereocenters. The lowest BCUT2D eigenvalue weighted by Crippen LogP contribution is -2.52. The molecule has 5 heteroatoms. The van der Waals surface area contributed by atoms with E-state index in [2.05, 4.69) is 17.3 Å². The largest absolute Gasteiger partial charge is 0.315 e. The van der Waals surface area contributed by atoms with Gasteiger partial charge in [-0.1, -0.05) is 25.1 Å². The maximum Gasteiger partial charge on any atom is 0.243 e. The van der Waals surface area contributed by atoms with E-state index >= 15 is 0 Å². The Balaban J connectivity index is 2.56. The Kier molecular flexibility index (Phi) is 2.63. The second kappa shape index (κ2) is 3.82. The molecule has 4 nitrogen and oxygen atoms in total. The molecular formula is C11H11N3OS. The molecule has 2 rings (SSSR count). The highest BCUT2D eigenvalue weighted by molar-refractivity contribution is 7.80. The van der Waals surface area contributed by atoms with Gasteiger partial charge in [0, 0.05) is 5.41 Å². The summed E-state index contributed by atoms with van der Waals surface area (Å²) in [6.07, 6.45) is 3.44. The molecule has 1 aliphatic heterocycles. The minimum Gasteiger partial charge on any atom is -0.315 e. The van der Waals surface area contributed by atoms with E-state index < -0.39 is 11.3 Å². The number of piperidine rings is 1. The summed E-state index contributed by atoms with van der Waals surface area (Å²) in [5, 5.41) is 18.9. The van der Waals surface area contributed by atoms with E-state index in [1.807, 2.05) is 0 Å². The zero-order valence-corrected chi connectivity index (χ0v) is 9.49. The lowest BCUT2D eigenvalue weighted by Gasteiger charge is -2.38. The van der Waals surface area contributed by atoms with Crippen molar-refractivity contribution in [1.29, 1.82) is 10.7 Å². The van der Waals surface area contributed by atoms with E-state index in [0.717, 1.165) is 25.7 Å². The fourth-order valence-electron chi connectivity index (χ4n) is 2.78. The molecule has 16 heavy (non-hydrogen) atoms. The molecule has 0 aromatic heterocycles. The Hall–Kier alpha value is -1.50. The van der Waals surface area contributed by atoms with Gasteiger partial charge in [-0.3, -0.25) is 10.2 Å². The van der Waals surface area contributed by atoms with Crippen LogP contribution in [0.15, 0.2) is 5.57 Å². The van der Waals surface area contributed by atoms with Crippen LogP contribution >= 0.6 is 12.2 Å². The van der Waals surface area contributed by atoms with Gasteiger partial charge in [-0.05, 0) is 18.7 Å². The summed E-state index contributed by atoms with van der Waals surface area (Å²) in [4.78, 5) is 12.0. The van der Waals surface area contributed by atoms with E-state index in [1.54, 1.807) is 0 Å². The van der Waals surface area contributed by atoms with Gasteiger partial charge in [-0.2, -0.15) is 5.26 Å². The standard InChI is InChI=1S/C11H11N3OS/c12-5-7-9(15)14-10(16)8(6-13)11(7)3-1-2-4-11/h7,13H,1-4H2,(H,14,15,16). The number of nitrogens with one attached hydrogen (secondary N) is 2. The molecule has 0 aromatic rings. The predicted molar refractivity (Wildman–Crippen MR) is 62.0 cm³/mol. The molecule has 1 saturated heterocycles. The first-order valence-corrected chi connectivity index (χ1v) is 5.61. The summed E-state index contributed by atoms with van der Waals surface area (Å²) in [7, 11) is 0. The normalized spacial score (nSPS) is 27.4. The molecule has 2 aliphatic rings. The van der Waals surface area contributed by atoms with Gasteiger partial charge in [0.25, 0.3) is 0 Å². The van der Waals surface area contributed by atoms with Crippen LogP contribution in [0.1, 0.15) is 25.7 Å². The number of carbonyl (C=O) groups excluding carboxylic acids is 1. The van der Waals surface area contributed by atoms with Crippen LogP contribution in [-0.2, 0) is 4.79 Å². The molecule has 2 N–H and O–H groups in total. The highest BCUT2D eigenvalue weighted by Gasteiger charge is 2.52. The van der Waals surface area contributed by atoms with Crippen LogP contribution in [0.4, 0.5) is 0 Å². The SMILES string of the molecule is N#CC1C(=O)NC(=S)C(=C=N)C12CCCC2. The molecule has 0 bridgehead atoms. The van der Waals surface area contributed by atoms with Gasteiger partial charge in [0.05, 0.1) is 11.6 Å². The van der Waals surface area contributed by atoms with Crippen LogP contribution in [0.25, 0.3) is 0 Å². The zero-order valence-electron chi connectivity index (χ0n) is 8.67. The molecule has 1 atom stereocenters. The number of rotatable bonds is 0. The minimum atomic E-state index is -0.727. The fraction of sp³-hybridized carbons (Fsp3) is 0.545. The van der Waals surface area contributed by atoms with Crippen molar-refractivity contribution in [3.63, 3.8) is 0 Å². The van der Waals surface area contributed by atoms with E-state index in [4.69, 9.17) is 22.9 Å². The van der Waals surface area contributed by atoms with Crippen LogP contribution in [-0.4, -0.2) is 16.8 Å². The maximum absolute atomic E-state index is 11.7. The highest BCUT2D eigenvalue weighted by atomic mass is 32.1. The Labute approximate surface area is 98.8 Å². The van der Waals surface area contributed by atoms with E-state index in [1.165, 1.54) is 0 Å². The van der Waals surface area contributed by atoms with Crippen molar-refractivity contribution < 1.29 is 4.79 Å². The topological polar surface area (TPSA) is 76.7 Å². The molecular weight excluding hydrogens is 222 g/mol. The van der Waals surface area contributed by atoms with Crippen LogP contribution in [0, 0.1) is 28.1 Å². The van der Waals surface area contributed by atoms with Gasteiger partial charge in [-0.25, -0.2) is 0 Å². The van der Waals surface area contributed by atoms with Crippen molar-refractivity contribution in [3.05, 3.63) is 5.57 Å². The average Bonchev–Trinajstić information content (AvgIpc) is 2.68. The van der Waals surface area contributed by atoms with Crippen molar-refractivity contribution in [2.24, 2.45) is 11.3 Å². The van der Waals surface area contributed by atoms with E-state index in [0.29, 0.717) is 5.57 Å². The molecule has 1 spiro atoms. The molecule has 0 radical (unpaired) electrons. The first kappa shape index (κ1) is 11.0. The van der Waals surface area contributed by atoms with Gasteiger partial charge in [0.15, 0.2) is 0 Å². The summed E-state index contributed by atoms with van der Waals surface area (Å²) in [5.41, 5.74) is -0.0122. The monoisotopic (exact) mass is 233 g/mol. The average molecular weight is 233 g/mol. The van der Waals surface area contributed by atoms with E-state index in [-0.39, 0.29) is 10.9 Å². The van der Waals surface area contributed by atoms with Crippen molar-refractivity contribution >= 4 is 29.0 Å².